The highest BCUT2D eigenvalue weighted by Crippen LogP contribution is 2.32. The van der Waals surface area contributed by atoms with Crippen LogP contribution >= 0.6 is 0 Å². The number of nitrogens with one attached hydrogen (secondary N) is 2. The maximum Gasteiger partial charge on any atom is 0.137 e. The van der Waals surface area contributed by atoms with Gasteiger partial charge in [-0.2, -0.15) is 0 Å². The zero-order valence-electron chi connectivity index (χ0n) is 16.6. The molecule has 0 aromatic heterocycles. The summed E-state index contributed by atoms with van der Waals surface area (Å²) >= 11 is 0. The largest absolute Gasteiger partial charge is 0.488 e. The summed E-state index contributed by atoms with van der Waals surface area (Å²) in [5.41, 5.74) is 2.66. The van der Waals surface area contributed by atoms with E-state index in [9.17, 15) is 0 Å². The lowest BCUT2D eigenvalue weighted by Gasteiger charge is -2.29. The average Bonchev–Trinajstić information content (AvgIpc) is 2.69. The summed E-state index contributed by atoms with van der Waals surface area (Å²) in [6, 6.07) is 19.3. The predicted molar refractivity (Wildman–Crippen MR) is 107 cm³/mol. The Morgan fingerprint density at radius 2 is 1.38 bits per heavy atom. The highest BCUT2D eigenvalue weighted by atomic mass is 16.5. The summed E-state index contributed by atoms with van der Waals surface area (Å²) < 4.78 is 6.01. The molecule has 0 radical (unpaired) electrons. The zero-order valence-corrected chi connectivity index (χ0v) is 16.6. The molecule has 0 atom stereocenters. The van der Waals surface area contributed by atoms with Crippen molar-refractivity contribution in [1.82, 2.24) is 0 Å². The van der Waals surface area contributed by atoms with E-state index < -0.39 is 0 Å². The van der Waals surface area contributed by atoms with E-state index in [1.807, 2.05) is 0 Å². The highest BCUT2D eigenvalue weighted by molar-refractivity contribution is 5.39. The Bertz CT molecular complexity index is 658. The first-order chi connectivity index (χ1) is 12.6. The Morgan fingerprint density at radius 3 is 2.00 bits per heavy atom. The number of hydrogen-bond donors (Lipinski definition) is 2. The van der Waals surface area contributed by atoms with Gasteiger partial charge in [-0.05, 0) is 30.2 Å². The minimum Gasteiger partial charge on any atom is -0.488 e. The first-order valence-corrected chi connectivity index (χ1v) is 10.1. The molecule has 0 saturated carbocycles. The SMILES string of the molecule is CC[NH+]1CC[NH+](CCOc2ccc(C(C)(C)c3ccccc3)cc2)CC1. The molecule has 0 aliphatic carbocycles. The first kappa shape index (κ1) is 18.9. The Balaban J connectivity index is 1.50. The molecule has 3 rings (SSSR count). The number of piperazine rings is 1. The lowest BCUT2D eigenvalue weighted by atomic mass is 9.78. The van der Waals surface area contributed by atoms with Crippen molar-refractivity contribution in [1.29, 1.82) is 0 Å². The summed E-state index contributed by atoms with van der Waals surface area (Å²) in [5.74, 6) is 0.981. The fraction of sp³-hybridized carbons (Fsp3) is 0.478. The number of ether oxygens (including phenoxy) is 1. The van der Waals surface area contributed by atoms with E-state index in [2.05, 4.69) is 75.4 Å². The van der Waals surface area contributed by atoms with Gasteiger partial charge in [0.15, 0.2) is 0 Å². The van der Waals surface area contributed by atoms with Crippen molar-refractivity contribution in [2.24, 2.45) is 0 Å². The van der Waals surface area contributed by atoms with Crippen LogP contribution in [-0.2, 0) is 5.41 Å². The molecule has 3 heteroatoms. The van der Waals surface area contributed by atoms with Crippen LogP contribution in [-0.4, -0.2) is 45.9 Å². The van der Waals surface area contributed by atoms with Crippen LogP contribution in [0.15, 0.2) is 54.6 Å². The van der Waals surface area contributed by atoms with E-state index in [4.69, 9.17) is 4.74 Å². The summed E-state index contributed by atoms with van der Waals surface area (Å²) in [4.78, 5) is 3.43. The van der Waals surface area contributed by atoms with Gasteiger partial charge in [0, 0.05) is 5.41 Å². The molecule has 2 aromatic carbocycles. The molecule has 3 nitrogen and oxygen atoms in total. The van der Waals surface area contributed by atoms with Crippen LogP contribution < -0.4 is 14.5 Å². The van der Waals surface area contributed by atoms with Crippen molar-refractivity contribution in [3.8, 4) is 5.75 Å². The van der Waals surface area contributed by atoms with Gasteiger partial charge in [0.25, 0.3) is 0 Å². The topological polar surface area (TPSA) is 18.1 Å². The van der Waals surface area contributed by atoms with Crippen LogP contribution in [0.5, 0.6) is 5.75 Å². The molecule has 0 spiro atoms. The van der Waals surface area contributed by atoms with Crippen molar-refractivity contribution >= 4 is 0 Å². The number of rotatable bonds is 7. The summed E-state index contributed by atoms with van der Waals surface area (Å²) in [6.45, 7) is 15.2. The maximum absolute atomic E-state index is 6.01. The molecule has 0 bridgehead atoms. The lowest BCUT2D eigenvalue weighted by Crippen LogP contribution is -3.28. The predicted octanol–water partition coefficient (Wildman–Crippen LogP) is 1.19. The smallest absolute Gasteiger partial charge is 0.137 e. The van der Waals surface area contributed by atoms with Crippen molar-refractivity contribution < 1.29 is 14.5 Å². The molecule has 1 aliphatic heterocycles. The van der Waals surface area contributed by atoms with Crippen molar-refractivity contribution in [3.05, 3.63) is 65.7 Å². The van der Waals surface area contributed by atoms with E-state index in [-0.39, 0.29) is 5.41 Å². The molecule has 1 fully saturated rings. The summed E-state index contributed by atoms with van der Waals surface area (Å²) in [5, 5.41) is 0. The molecule has 2 N–H and O–H groups in total. The van der Waals surface area contributed by atoms with Crippen molar-refractivity contribution in [2.75, 3.05) is 45.9 Å². The fourth-order valence-corrected chi connectivity index (χ4v) is 3.86. The number of hydrogen-bond acceptors (Lipinski definition) is 1. The third kappa shape index (κ3) is 4.66. The summed E-state index contributed by atoms with van der Waals surface area (Å²) in [7, 11) is 0. The lowest BCUT2D eigenvalue weighted by molar-refractivity contribution is -1.01. The zero-order chi connectivity index (χ0) is 18.4. The first-order valence-electron chi connectivity index (χ1n) is 10.1. The van der Waals surface area contributed by atoms with Crippen LogP contribution in [0.25, 0.3) is 0 Å². The normalized spacial score (nSPS) is 20.7. The second kappa shape index (κ2) is 8.70. The molecule has 1 saturated heterocycles. The molecular formula is C23H34N2O+2. The summed E-state index contributed by atoms with van der Waals surface area (Å²) in [6.07, 6.45) is 0. The Kier molecular flexibility index (Phi) is 6.33. The van der Waals surface area contributed by atoms with Gasteiger partial charge in [-0.3, -0.25) is 0 Å². The maximum atomic E-state index is 6.01. The van der Waals surface area contributed by atoms with Crippen molar-refractivity contribution in [3.63, 3.8) is 0 Å². The molecule has 0 amide bonds. The molecule has 1 aliphatic rings. The van der Waals surface area contributed by atoms with Gasteiger partial charge < -0.3 is 14.5 Å². The highest BCUT2D eigenvalue weighted by Gasteiger charge is 2.23. The van der Waals surface area contributed by atoms with Crippen LogP contribution in [0, 0.1) is 0 Å². The van der Waals surface area contributed by atoms with Gasteiger partial charge in [0.1, 0.15) is 45.1 Å². The van der Waals surface area contributed by atoms with Crippen LogP contribution in [0.1, 0.15) is 31.9 Å². The van der Waals surface area contributed by atoms with Gasteiger partial charge in [0.05, 0.1) is 6.54 Å². The van der Waals surface area contributed by atoms with E-state index in [1.165, 1.54) is 43.9 Å². The van der Waals surface area contributed by atoms with E-state index in [1.54, 1.807) is 9.80 Å². The Morgan fingerprint density at radius 1 is 0.808 bits per heavy atom. The molecular weight excluding hydrogens is 320 g/mol. The minimum atomic E-state index is 0.00518. The van der Waals surface area contributed by atoms with Crippen molar-refractivity contribution in [2.45, 2.75) is 26.2 Å². The second-order valence-corrected chi connectivity index (χ2v) is 7.97. The quantitative estimate of drug-likeness (QED) is 0.765. The number of likely N-dealkylation sites (N-methyl/N-ethyl adjacent to an activating group) is 1. The van der Waals surface area contributed by atoms with Crippen LogP contribution in [0.2, 0.25) is 0 Å². The van der Waals surface area contributed by atoms with Gasteiger partial charge in [-0.1, -0.05) is 56.3 Å². The van der Waals surface area contributed by atoms with Gasteiger partial charge in [-0.25, -0.2) is 0 Å². The molecule has 1 heterocycles. The van der Waals surface area contributed by atoms with Crippen LogP contribution in [0.4, 0.5) is 0 Å². The van der Waals surface area contributed by atoms with Gasteiger partial charge >= 0.3 is 0 Å². The number of quaternary nitrogens is 2. The van der Waals surface area contributed by atoms with Gasteiger partial charge in [0.2, 0.25) is 0 Å². The van der Waals surface area contributed by atoms with E-state index in [0.717, 1.165) is 18.9 Å². The third-order valence-corrected chi connectivity index (χ3v) is 5.96. The Labute approximate surface area is 158 Å². The minimum absolute atomic E-state index is 0.00518. The van der Waals surface area contributed by atoms with E-state index >= 15 is 0 Å². The number of benzene rings is 2. The molecule has 0 unspecified atom stereocenters. The van der Waals surface area contributed by atoms with Gasteiger partial charge in [-0.15, -0.1) is 0 Å². The monoisotopic (exact) mass is 354 g/mol. The third-order valence-electron chi connectivity index (χ3n) is 5.96. The standard InChI is InChI=1S/C23H32N2O/c1-4-24-14-16-25(17-15-24)18-19-26-22-12-10-21(11-13-22)23(2,3)20-8-6-5-7-9-20/h5-13H,4,14-19H2,1-3H3/p+2. The van der Waals surface area contributed by atoms with E-state index in [0.29, 0.717) is 0 Å². The second-order valence-electron chi connectivity index (χ2n) is 7.97. The fourth-order valence-electron chi connectivity index (χ4n) is 3.86. The molecule has 140 valence electrons. The van der Waals surface area contributed by atoms with Crippen LogP contribution in [0.3, 0.4) is 0 Å². The average molecular weight is 355 g/mol. The Hall–Kier alpha value is -1.84. The molecule has 2 aromatic rings. The molecule has 26 heavy (non-hydrogen) atoms.